The van der Waals surface area contributed by atoms with Crippen LogP contribution in [0.25, 0.3) is 0 Å². The maximum Gasteiger partial charge on any atom is 0.407 e. The number of thiazole rings is 1. The van der Waals surface area contributed by atoms with Crippen LogP contribution < -0.4 is 20.9 Å². The Hall–Kier alpha value is -3.41. The fourth-order valence-electron chi connectivity index (χ4n) is 2.55. The number of aromatic nitrogens is 1. The molecule has 3 N–H and O–H groups in total. The van der Waals surface area contributed by atoms with E-state index in [1.807, 2.05) is 4.90 Å². The number of alkyl carbamates (subject to hydrolysis) is 1. The molecule has 0 aliphatic carbocycles. The van der Waals surface area contributed by atoms with E-state index in [-0.39, 0.29) is 23.1 Å². The van der Waals surface area contributed by atoms with E-state index < -0.39 is 23.9 Å². The molecule has 1 aliphatic heterocycles. The lowest BCUT2D eigenvalue weighted by atomic mass is 10.3. The van der Waals surface area contributed by atoms with Gasteiger partial charge in [0, 0.05) is 18.5 Å². The summed E-state index contributed by atoms with van der Waals surface area (Å²) in [6.07, 6.45) is 0.260. The number of nitrogens with one attached hydrogen (secondary N) is 3. The Bertz CT molecular complexity index is 867. The maximum atomic E-state index is 12.3. The molecular weight excluding hydrogens is 414 g/mol. The summed E-state index contributed by atoms with van der Waals surface area (Å²) in [6.45, 7) is 10.1. The fraction of sp³-hybridized carbons (Fsp3) is 0.389. The number of hydrogen-bond donors (Lipinski definition) is 3. The minimum atomic E-state index is -0.812. The summed E-state index contributed by atoms with van der Waals surface area (Å²) in [5, 5.41) is 9.44. The molecule has 0 radical (unpaired) electrons. The van der Waals surface area contributed by atoms with E-state index in [2.05, 4.69) is 38.8 Å². The molecule has 162 valence electrons. The first-order chi connectivity index (χ1) is 14.2. The van der Waals surface area contributed by atoms with Gasteiger partial charge in [-0.25, -0.2) is 14.6 Å². The lowest BCUT2D eigenvalue weighted by Gasteiger charge is -2.15. The van der Waals surface area contributed by atoms with Gasteiger partial charge in [0.15, 0.2) is 5.13 Å². The molecule has 1 fully saturated rings. The van der Waals surface area contributed by atoms with E-state index in [1.54, 1.807) is 12.3 Å². The van der Waals surface area contributed by atoms with E-state index in [0.717, 1.165) is 13.5 Å². The topological polar surface area (TPSA) is 139 Å². The zero-order valence-corrected chi connectivity index (χ0v) is 17.5. The predicted octanol–water partition coefficient (Wildman–Crippen LogP) is 0.514. The Morgan fingerprint density at radius 2 is 2.00 bits per heavy atom. The van der Waals surface area contributed by atoms with E-state index in [4.69, 9.17) is 4.74 Å². The lowest BCUT2D eigenvalue weighted by Crippen LogP contribution is -2.37. The number of methoxy groups -OCH3 is 1. The highest BCUT2D eigenvalue weighted by Gasteiger charge is 2.27. The van der Waals surface area contributed by atoms with E-state index in [0.29, 0.717) is 24.8 Å². The summed E-state index contributed by atoms with van der Waals surface area (Å²) in [4.78, 5) is 53.3. The third kappa shape index (κ3) is 6.04. The van der Waals surface area contributed by atoms with E-state index >= 15 is 0 Å². The lowest BCUT2D eigenvalue weighted by molar-refractivity contribution is -0.137. The number of carbonyl (C=O) groups excluding carboxylic acids is 4. The molecule has 12 heteroatoms. The summed E-state index contributed by atoms with van der Waals surface area (Å²) < 4.78 is 9.30. The minimum Gasteiger partial charge on any atom is -0.464 e. The van der Waals surface area contributed by atoms with Crippen molar-refractivity contribution in [1.82, 2.24) is 20.9 Å². The zero-order chi connectivity index (χ0) is 22.3. The zero-order valence-electron chi connectivity index (χ0n) is 16.6. The maximum absolute atomic E-state index is 12.3. The molecule has 2 heterocycles. The van der Waals surface area contributed by atoms with E-state index in [9.17, 15) is 19.2 Å². The Balaban J connectivity index is 1.88. The van der Waals surface area contributed by atoms with Crippen LogP contribution in [0.15, 0.2) is 29.9 Å². The van der Waals surface area contributed by atoms with Crippen LogP contribution in [-0.4, -0.2) is 61.7 Å². The van der Waals surface area contributed by atoms with Crippen molar-refractivity contribution in [2.24, 2.45) is 0 Å². The van der Waals surface area contributed by atoms with Gasteiger partial charge in [-0.15, -0.1) is 11.3 Å². The van der Waals surface area contributed by atoms with Crippen LogP contribution in [0, 0.1) is 0 Å². The van der Waals surface area contributed by atoms with Crippen molar-refractivity contribution in [3.05, 3.63) is 35.6 Å². The first-order valence-corrected chi connectivity index (χ1v) is 9.85. The van der Waals surface area contributed by atoms with Crippen molar-refractivity contribution in [2.75, 3.05) is 31.7 Å². The highest BCUT2D eigenvalue weighted by atomic mass is 32.1. The molecule has 1 aliphatic rings. The standard InChI is InChI=1S/C18H23N5O6S/c1-5-29-18(27)21-12-6-7-23(8-12)17-22-13(9-30-17)15(25)19-10(2)14(24)20-11(3)16(26)28-4/h9,12H,2-3,5-8H2,1,4H3,(H,19,25)(H,20,24)(H,21,27)/t12-/m1/s1. The van der Waals surface area contributed by atoms with Gasteiger partial charge in [0.1, 0.15) is 11.4 Å². The van der Waals surface area contributed by atoms with Crippen LogP contribution in [-0.2, 0) is 19.1 Å². The largest absolute Gasteiger partial charge is 0.464 e. The number of rotatable bonds is 8. The third-order valence-corrected chi connectivity index (χ3v) is 4.92. The first-order valence-electron chi connectivity index (χ1n) is 8.97. The van der Waals surface area contributed by atoms with Crippen LogP contribution in [0.1, 0.15) is 23.8 Å². The molecular formula is C18H23N5O6S. The molecule has 0 aromatic carbocycles. The predicted molar refractivity (Wildman–Crippen MR) is 109 cm³/mol. The number of hydrogen-bond acceptors (Lipinski definition) is 9. The normalized spacial score (nSPS) is 15.1. The highest BCUT2D eigenvalue weighted by Crippen LogP contribution is 2.24. The van der Waals surface area contributed by atoms with Crippen molar-refractivity contribution >= 4 is 40.3 Å². The van der Waals surface area contributed by atoms with Gasteiger partial charge in [-0.05, 0) is 13.3 Å². The van der Waals surface area contributed by atoms with Crippen molar-refractivity contribution in [3.63, 3.8) is 0 Å². The first kappa shape index (κ1) is 22.9. The SMILES string of the molecule is C=C(NC(=O)c1csc(N2CC[C@@H](NC(=O)OCC)C2)n1)C(=O)NC(=C)C(=O)OC. The van der Waals surface area contributed by atoms with E-state index in [1.165, 1.54) is 11.3 Å². The second kappa shape index (κ2) is 10.4. The second-order valence-electron chi connectivity index (χ2n) is 6.17. The summed E-state index contributed by atoms with van der Waals surface area (Å²) in [7, 11) is 1.14. The number of esters is 1. The van der Waals surface area contributed by atoms with Gasteiger partial charge in [-0.2, -0.15) is 0 Å². The molecule has 1 aromatic heterocycles. The third-order valence-electron chi connectivity index (χ3n) is 4.02. The van der Waals surface area contributed by atoms with Crippen LogP contribution in [0.2, 0.25) is 0 Å². The Labute approximate surface area is 177 Å². The summed E-state index contributed by atoms with van der Waals surface area (Å²) in [6, 6.07) is -0.0726. The highest BCUT2D eigenvalue weighted by molar-refractivity contribution is 7.13. The fourth-order valence-corrected chi connectivity index (χ4v) is 3.39. The van der Waals surface area contributed by atoms with Crippen molar-refractivity contribution < 1.29 is 28.7 Å². The molecule has 0 bridgehead atoms. The van der Waals surface area contributed by atoms with Crippen molar-refractivity contribution in [2.45, 2.75) is 19.4 Å². The quantitative estimate of drug-likeness (QED) is 0.395. The van der Waals surface area contributed by atoms with Crippen LogP contribution >= 0.6 is 11.3 Å². The summed E-state index contributed by atoms with van der Waals surface area (Å²) in [5.74, 6) is -2.24. The Kier molecular flexibility index (Phi) is 7.92. The van der Waals surface area contributed by atoms with Gasteiger partial charge in [-0.1, -0.05) is 13.2 Å². The number of carbonyl (C=O) groups is 4. The molecule has 0 unspecified atom stereocenters. The molecule has 1 saturated heterocycles. The monoisotopic (exact) mass is 437 g/mol. The molecule has 11 nitrogen and oxygen atoms in total. The second-order valence-corrected chi connectivity index (χ2v) is 7.01. The molecule has 1 atom stereocenters. The van der Waals surface area contributed by atoms with Gasteiger partial charge >= 0.3 is 12.1 Å². The van der Waals surface area contributed by atoms with Crippen LogP contribution in [0.5, 0.6) is 0 Å². The number of ether oxygens (including phenoxy) is 2. The molecule has 3 amide bonds. The van der Waals surface area contributed by atoms with Gasteiger partial charge in [0.2, 0.25) is 0 Å². The molecule has 0 saturated carbocycles. The van der Waals surface area contributed by atoms with Crippen molar-refractivity contribution in [1.29, 1.82) is 0 Å². The number of nitrogens with zero attached hydrogens (tertiary/aromatic N) is 2. The summed E-state index contributed by atoms with van der Waals surface area (Å²) in [5.41, 5.74) is -0.453. The Morgan fingerprint density at radius 3 is 2.67 bits per heavy atom. The van der Waals surface area contributed by atoms with Gasteiger partial charge < -0.3 is 30.3 Å². The Morgan fingerprint density at radius 1 is 1.27 bits per heavy atom. The molecule has 0 spiro atoms. The summed E-state index contributed by atoms with van der Waals surface area (Å²) >= 11 is 1.26. The number of anilines is 1. The van der Waals surface area contributed by atoms with Gasteiger partial charge in [0.25, 0.3) is 11.8 Å². The van der Waals surface area contributed by atoms with Gasteiger partial charge in [-0.3, -0.25) is 9.59 Å². The van der Waals surface area contributed by atoms with Crippen LogP contribution in [0.3, 0.4) is 0 Å². The average molecular weight is 437 g/mol. The average Bonchev–Trinajstić information content (AvgIpc) is 3.36. The molecule has 2 rings (SSSR count). The number of amides is 3. The molecule has 1 aromatic rings. The molecule has 30 heavy (non-hydrogen) atoms. The van der Waals surface area contributed by atoms with Crippen LogP contribution in [0.4, 0.5) is 9.93 Å². The van der Waals surface area contributed by atoms with Crippen molar-refractivity contribution in [3.8, 4) is 0 Å². The van der Waals surface area contributed by atoms with Gasteiger partial charge in [0.05, 0.1) is 25.5 Å². The minimum absolute atomic E-state index is 0.0726. The smallest absolute Gasteiger partial charge is 0.407 e.